The molecule has 0 atom stereocenters. The minimum Gasteiger partial charge on any atom is -0.478 e. The molecule has 1 aromatic heterocycles. The molecule has 0 spiro atoms. The largest absolute Gasteiger partial charge is 0.478 e. The summed E-state index contributed by atoms with van der Waals surface area (Å²) in [5.41, 5.74) is 2.03. The lowest BCUT2D eigenvalue weighted by atomic mass is 10.1. The third-order valence-corrected chi connectivity index (χ3v) is 3.14. The van der Waals surface area contributed by atoms with Gasteiger partial charge in [0.1, 0.15) is 5.82 Å². The molecule has 0 aliphatic carbocycles. The van der Waals surface area contributed by atoms with Crippen LogP contribution in [-0.4, -0.2) is 20.9 Å². The zero-order valence-corrected chi connectivity index (χ0v) is 10.5. The molecule has 0 fully saturated rings. The molecule has 2 aromatic carbocycles. The van der Waals surface area contributed by atoms with E-state index >= 15 is 0 Å². The molecule has 20 heavy (non-hydrogen) atoms. The van der Waals surface area contributed by atoms with Crippen LogP contribution in [0.5, 0.6) is 0 Å². The monoisotopic (exact) mass is 270 g/mol. The van der Waals surface area contributed by atoms with Crippen molar-refractivity contribution in [2.24, 2.45) is 0 Å². The summed E-state index contributed by atoms with van der Waals surface area (Å²) in [7, 11) is 0. The number of fused-ring (bicyclic) bond motifs is 1. The van der Waals surface area contributed by atoms with Gasteiger partial charge in [-0.15, -0.1) is 0 Å². The molecule has 5 heteroatoms. The average Bonchev–Trinajstić information content (AvgIpc) is 2.81. The maximum Gasteiger partial charge on any atom is 0.335 e. The van der Waals surface area contributed by atoms with Gasteiger partial charge in [0.15, 0.2) is 0 Å². The standard InChI is InChI=1S/C15H11FN2O2/c16-13-5-6-14-12(7-13)8-17-18(14)9-10-1-3-11(4-2-10)15(19)20/h1-8H,9H2,(H,19,20). The number of aromatic nitrogens is 2. The Morgan fingerprint density at radius 1 is 1.20 bits per heavy atom. The number of aromatic carboxylic acids is 1. The van der Waals surface area contributed by atoms with E-state index in [0.717, 1.165) is 16.5 Å². The first-order chi connectivity index (χ1) is 9.63. The van der Waals surface area contributed by atoms with Gasteiger partial charge in [0, 0.05) is 5.39 Å². The summed E-state index contributed by atoms with van der Waals surface area (Å²) in [6.07, 6.45) is 1.62. The van der Waals surface area contributed by atoms with Crippen molar-refractivity contribution in [1.29, 1.82) is 0 Å². The molecule has 100 valence electrons. The third-order valence-electron chi connectivity index (χ3n) is 3.14. The van der Waals surface area contributed by atoms with Crippen LogP contribution in [-0.2, 0) is 6.54 Å². The highest BCUT2D eigenvalue weighted by atomic mass is 19.1. The maximum atomic E-state index is 13.1. The number of carboxylic acid groups (broad SMARTS) is 1. The van der Waals surface area contributed by atoms with E-state index in [0.29, 0.717) is 6.54 Å². The average molecular weight is 270 g/mol. The summed E-state index contributed by atoms with van der Waals surface area (Å²) in [4.78, 5) is 10.8. The Labute approximate surface area is 114 Å². The van der Waals surface area contributed by atoms with Crippen LogP contribution in [0.1, 0.15) is 15.9 Å². The predicted octanol–water partition coefficient (Wildman–Crippen LogP) is 2.92. The molecule has 0 aliphatic heterocycles. The zero-order valence-electron chi connectivity index (χ0n) is 10.5. The molecule has 0 saturated carbocycles. The molecule has 0 amide bonds. The highest BCUT2D eigenvalue weighted by Gasteiger charge is 2.06. The van der Waals surface area contributed by atoms with Gasteiger partial charge in [-0.05, 0) is 35.9 Å². The molecular formula is C15H11FN2O2. The summed E-state index contributed by atoms with van der Waals surface area (Å²) < 4.78 is 14.9. The highest BCUT2D eigenvalue weighted by Crippen LogP contribution is 2.16. The second kappa shape index (κ2) is 4.77. The predicted molar refractivity (Wildman–Crippen MR) is 72.2 cm³/mol. The van der Waals surface area contributed by atoms with Crippen molar-refractivity contribution in [3.8, 4) is 0 Å². The Balaban J connectivity index is 1.91. The van der Waals surface area contributed by atoms with Gasteiger partial charge in [0.05, 0.1) is 23.8 Å². The molecule has 1 N–H and O–H groups in total. The Hall–Kier alpha value is -2.69. The molecule has 0 radical (unpaired) electrons. The smallest absolute Gasteiger partial charge is 0.335 e. The summed E-state index contributed by atoms with van der Waals surface area (Å²) >= 11 is 0. The van der Waals surface area contributed by atoms with Gasteiger partial charge in [0.25, 0.3) is 0 Å². The van der Waals surface area contributed by atoms with E-state index in [-0.39, 0.29) is 11.4 Å². The lowest BCUT2D eigenvalue weighted by Crippen LogP contribution is -2.02. The Morgan fingerprint density at radius 3 is 2.65 bits per heavy atom. The lowest BCUT2D eigenvalue weighted by molar-refractivity contribution is 0.0697. The van der Waals surface area contributed by atoms with E-state index in [1.54, 1.807) is 41.2 Å². The van der Waals surface area contributed by atoms with Crippen LogP contribution in [0, 0.1) is 5.82 Å². The SMILES string of the molecule is O=C(O)c1ccc(Cn2ncc3cc(F)ccc32)cc1. The minimum absolute atomic E-state index is 0.251. The van der Waals surface area contributed by atoms with Crippen LogP contribution >= 0.6 is 0 Å². The van der Waals surface area contributed by atoms with Crippen LogP contribution in [0.25, 0.3) is 10.9 Å². The Kier molecular flexibility index (Phi) is 2.95. The van der Waals surface area contributed by atoms with Crippen LogP contribution in [0.15, 0.2) is 48.7 Å². The number of nitrogens with zero attached hydrogens (tertiary/aromatic N) is 2. The molecule has 1 heterocycles. The second-order valence-corrected chi connectivity index (χ2v) is 4.51. The lowest BCUT2D eigenvalue weighted by Gasteiger charge is -2.04. The van der Waals surface area contributed by atoms with Crippen LogP contribution < -0.4 is 0 Å². The topological polar surface area (TPSA) is 55.1 Å². The van der Waals surface area contributed by atoms with Crippen molar-refractivity contribution >= 4 is 16.9 Å². The fraction of sp³-hybridized carbons (Fsp3) is 0.0667. The maximum absolute atomic E-state index is 13.1. The number of hydrogen-bond acceptors (Lipinski definition) is 2. The fourth-order valence-corrected chi connectivity index (χ4v) is 2.11. The summed E-state index contributed by atoms with van der Waals surface area (Å²) in [5, 5.41) is 13.8. The fourth-order valence-electron chi connectivity index (χ4n) is 2.11. The molecule has 0 unspecified atom stereocenters. The van der Waals surface area contributed by atoms with E-state index < -0.39 is 5.97 Å². The summed E-state index contributed by atoms with van der Waals surface area (Å²) in [5.74, 6) is -1.24. The van der Waals surface area contributed by atoms with Crippen LogP contribution in [0.4, 0.5) is 4.39 Å². The van der Waals surface area contributed by atoms with Gasteiger partial charge in [0.2, 0.25) is 0 Å². The van der Waals surface area contributed by atoms with Gasteiger partial charge in [-0.1, -0.05) is 12.1 Å². The Morgan fingerprint density at radius 2 is 1.95 bits per heavy atom. The van der Waals surface area contributed by atoms with E-state index in [9.17, 15) is 9.18 Å². The van der Waals surface area contributed by atoms with Gasteiger partial charge >= 0.3 is 5.97 Å². The van der Waals surface area contributed by atoms with Gasteiger partial charge < -0.3 is 5.11 Å². The molecule has 0 aliphatic rings. The zero-order chi connectivity index (χ0) is 14.1. The minimum atomic E-state index is -0.948. The van der Waals surface area contributed by atoms with Crippen molar-refractivity contribution in [2.75, 3.05) is 0 Å². The molecule has 3 rings (SSSR count). The molecule has 0 saturated heterocycles. The molecule has 4 nitrogen and oxygen atoms in total. The summed E-state index contributed by atoms with van der Waals surface area (Å²) in [6, 6.07) is 11.1. The van der Waals surface area contributed by atoms with E-state index in [2.05, 4.69) is 5.10 Å². The number of carbonyl (C=O) groups is 1. The number of benzene rings is 2. The number of hydrogen-bond donors (Lipinski definition) is 1. The normalized spacial score (nSPS) is 10.8. The van der Waals surface area contributed by atoms with Crippen molar-refractivity contribution in [3.63, 3.8) is 0 Å². The van der Waals surface area contributed by atoms with Crippen molar-refractivity contribution < 1.29 is 14.3 Å². The summed E-state index contributed by atoms with van der Waals surface area (Å²) in [6.45, 7) is 0.509. The number of carboxylic acids is 1. The van der Waals surface area contributed by atoms with Crippen molar-refractivity contribution in [2.45, 2.75) is 6.54 Å². The van der Waals surface area contributed by atoms with Gasteiger partial charge in [-0.2, -0.15) is 5.10 Å². The van der Waals surface area contributed by atoms with Gasteiger partial charge in [-0.3, -0.25) is 4.68 Å². The van der Waals surface area contributed by atoms with Gasteiger partial charge in [-0.25, -0.2) is 9.18 Å². The first-order valence-electron chi connectivity index (χ1n) is 6.07. The van der Waals surface area contributed by atoms with E-state index in [1.165, 1.54) is 12.1 Å². The third kappa shape index (κ3) is 2.25. The first kappa shape index (κ1) is 12.3. The van der Waals surface area contributed by atoms with Crippen LogP contribution in [0.2, 0.25) is 0 Å². The molecule has 0 bridgehead atoms. The molecular weight excluding hydrogens is 259 g/mol. The van der Waals surface area contributed by atoms with Crippen molar-refractivity contribution in [1.82, 2.24) is 9.78 Å². The van der Waals surface area contributed by atoms with Crippen LogP contribution in [0.3, 0.4) is 0 Å². The highest BCUT2D eigenvalue weighted by molar-refractivity contribution is 5.87. The molecule has 3 aromatic rings. The van der Waals surface area contributed by atoms with E-state index in [1.807, 2.05) is 0 Å². The quantitative estimate of drug-likeness (QED) is 0.796. The van der Waals surface area contributed by atoms with E-state index in [4.69, 9.17) is 5.11 Å². The number of rotatable bonds is 3. The first-order valence-corrected chi connectivity index (χ1v) is 6.07. The number of halogens is 1. The van der Waals surface area contributed by atoms with Crippen molar-refractivity contribution in [3.05, 3.63) is 65.6 Å². The second-order valence-electron chi connectivity index (χ2n) is 4.51. The Bertz CT molecular complexity index is 778.